The summed E-state index contributed by atoms with van der Waals surface area (Å²) in [5, 5.41) is 10.5. The van der Waals surface area contributed by atoms with Crippen LogP contribution in [0.1, 0.15) is 24.1 Å². The van der Waals surface area contributed by atoms with E-state index in [2.05, 4.69) is 0 Å². The Labute approximate surface area is 121 Å². The predicted octanol–water partition coefficient (Wildman–Crippen LogP) is 3.33. The van der Waals surface area contributed by atoms with Crippen molar-refractivity contribution in [2.45, 2.75) is 19.6 Å². The lowest BCUT2D eigenvalue weighted by Crippen LogP contribution is -2.06. The molecule has 2 aromatic carbocycles. The molecule has 0 aliphatic rings. The molecule has 0 aliphatic carbocycles. The molecule has 0 bridgehead atoms. The first-order valence-corrected chi connectivity index (χ1v) is 6.38. The van der Waals surface area contributed by atoms with E-state index in [0.29, 0.717) is 5.56 Å². The smallest absolute Gasteiger partial charge is 0.269 e. The van der Waals surface area contributed by atoms with Crippen LogP contribution in [0.3, 0.4) is 0 Å². The molecule has 1 atom stereocenters. The van der Waals surface area contributed by atoms with E-state index >= 15 is 0 Å². The van der Waals surface area contributed by atoms with Crippen LogP contribution in [0.2, 0.25) is 0 Å². The van der Waals surface area contributed by atoms with Crippen molar-refractivity contribution in [2.75, 3.05) is 0 Å². The molecule has 0 radical (unpaired) electrons. The Balaban J connectivity index is 2.04. The fourth-order valence-corrected chi connectivity index (χ4v) is 1.79. The molecule has 0 aromatic heterocycles. The van der Waals surface area contributed by atoms with E-state index in [4.69, 9.17) is 10.5 Å². The Hall–Kier alpha value is -2.47. The lowest BCUT2D eigenvalue weighted by Gasteiger charge is -2.10. The number of rotatable bonds is 5. The third kappa shape index (κ3) is 3.76. The highest BCUT2D eigenvalue weighted by Crippen LogP contribution is 2.22. The predicted molar refractivity (Wildman–Crippen MR) is 76.4 cm³/mol. The summed E-state index contributed by atoms with van der Waals surface area (Å²) >= 11 is 0. The summed E-state index contributed by atoms with van der Waals surface area (Å²) in [5.74, 6) is -0.357. The topological polar surface area (TPSA) is 78.4 Å². The number of nitro groups is 1. The minimum absolute atomic E-state index is 0.00576. The number of hydrogen-bond donors (Lipinski definition) is 1. The zero-order chi connectivity index (χ0) is 15.4. The summed E-state index contributed by atoms with van der Waals surface area (Å²) < 4.78 is 19.2. The Morgan fingerprint density at radius 1 is 1.29 bits per heavy atom. The van der Waals surface area contributed by atoms with E-state index in [0.717, 1.165) is 5.56 Å². The van der Waals surface area contributed by atoms with Gasteiger partial charge in [0.05, 0.1) is 4.92 Å². The molecule has 2 rings (SSSR count). The summed E-state index contributed by atoms with van der Waals surface area (Å²) in [7, 11) is 0. The van der Waals surface area contributed by atoms with Crippen molar-refractivity contribution in [2.24, 2.45) is 5.73 Å². The van der Waals surface area contributed by atoms with E-state index in [1.54, 1.807) is 25.1 Å². The van der Waals surface area contributed by atoms with Gasteiger partial charge in [-0.15, -0.1) is 0 Å². The van der Waals surface area contributed by atoms with Crippen LogP contribution < -0.4 is 10.5 Å². The Morgan fingerprint density at radius 3 is 2.48 bits per heavy atom. The molecule has 2 N–H and O–H groups in total. The van der Waals surface area contributed by atoms with Crippen LogP contribution in [0, 0.1) is 15.9 Å². The van der Waals surface area contributed by atoms with Gasteiger partial charge in [0.15, 0.2) is 11.6 Å². The molecule has 0 saturated heterocycles. The molecule has 6 heteroatoms. The van der Waals surface area contributed by atoms with E-state index in [1.165, 1.54) is 24.3 Å². The molecule has 0 unspecified atom stereocenters. The fourth-order valence-electron chi connectivity index (χ4n) is 1.79. The Bertz CT molecular complexity index is 642. The minimum Gasteiger partial charge on any atom is -0.486 e. The summed E-state index contributed by atoms with van der Waals surface area (Å²) in [6.45, 7) is 1.90. The zero-order valence-corrected chi connectivity index (χ0v) is 11.5. The molecular weight excluding hydrogens is 275 g/mol. The minimum atomic E-state index is -0.480. The highest BCUT2D eigenvalue weighted by Gasteiger charge is 2.08. The fraction of sp³-hybridized carbons (Fsp3) is 0.200. The molecule has 110 valence electrons. The monoisotopic (exact) mass is 290 g/mol. The van der Waals surface area contributed by atoms with Crippen molar-refractivity contribution in [1.29, 1.82) is 0 Å². The van der Waals surface area contributed by atoms with Crippen molar-refractivity contribution < 1.29 is 14.1 Å². The first-order valence-electron chi connectivity index (χ1n) is 6.38. The molecule has 0 spiro atoms. The van der Waals surface area contributed by atoms with Gasteiger partial charge in [0, 0.05) is 18.2 Å². The van der Waals surface area contributed by atoms with Gasteiger partial charge in [-0.1, -0.05) is 6.07 Å². The molecule has 0 heterocycles. The second-order valence-corrected chi connectivity index (χ2v) is 4.69. The number of benzene rings is 2. The summed E-state index contributed by atoms with van der Waals surface area (Å²) in [4.78, 5) is 10.1. The second-order valence-electron chi connectivity index (χ2n) is 4.69. The number of ether oxygens (including phenoxy) is 1. The number of nitrogens with two attached hydrogens (primary N) is 1. The van der Waals surface area contributed by atoms with Gasteiger partial charge in [0.2, 0.25) is 0 Å². The van der Waals surface area contributed by atoms with Gasteiger partial charge in [-0.2, -0.15) is 0 Å². The molecular formula is C15H15FN2O3. The Morgan fingerprint density at radius 2 is 1.95 bits per heavy atom. The van der Waals surface area contributed by atoms with Gasteiger partial charge in [0.1, 0.15) is 6.61 Å². The molecule has 0 fully saturated rings. The zero-order valence-electron chi connectivity index (χ0n) is 11.5. The first kappa shape index (κ1) is 14.9. The average molecular weight is 290 g/mol. The second kappa shape index (κ2) is 6.32. The largest absolute Gasteiger partial charge is 0.486 e. The SMILES string of the molecule is C[C@@H](N)c1ccc(OCc2ccc([N+](=O)[O-])cc2)c(F)c1. The van der Waals surface area contributed by atoms with Crippen LogP contribution in [-0.2, 0) is 6.61 Å². The lowest BCUT2D eigenvalue weighted by molar-refractivity contribution is -0.384. The van der Waals surface area contributed by atoms with Gasteiger partial charge >= 0.3 is 0 Å². The van der Waals surface area contributed by atoms with Gasteiger partial charge < -0.3 is 10.5 Å². The van der Waals surface area contributed by atoms with Crippen LogP contribution >= 0.6 is 0 Å². The van der Waals surface area contributed by atoms with Gasteiger partial charge in [-0.25, -0.2) is 4.39 Å². The van der Waals surface area contributed by atoms with Crippen molar-refractivity contribution >= 4 is 5.69 Å². The van der Waals surface area contributed by atoms with Gasteiger partial charge in [-0.3, -0.25) is 10.1 Å². The van der Waals surface area contributed by atoms with Crippen LogP contribution in [0.25, 0.3) is 0 Å². The van der Waals surface area contributed by atoms with E-state index in [1.807, 2.05) is 0 Å². The standard InChI is InChI=1S/C15H15FN2O3/c1-10(17)12-4-7-15(14(16)8-12)21-9-11-2-5-13(6-3-11)18(19)20/h2-8,10H,9,17H2,1H3/t10-/m1/s1. The number of nitro benzene ring substituents is 1. The van der Waals surface area contributed by atoms with Crippen LogP contribution in [0.5, 0.6) is 5.75 Å². The van der Waals surface area contributed by atoms with E-state index < -0.39 is 10.7 Å². The molecule has 0 amide bonds. The average Bonchev–Trinajstić information content (AvgIpc) is 2.46. The highest BCUT2D eigenvalue weighted by atomic mass is 19.1. The Kier molecular flexibility index (Phi) is 4.49. The van der Waals surface area contributed by atoms with Crippen LogP contribution in [-0.4, -0.2) is 4.92 Å². The molecule has 5 nitrogen and oxygen atoms in total. The molecule has 2 aromatic rings. The van der Waals surface area contributed by atoms with E-state index in [9.17, 15) is 14.5 Å². The van der Waals surface area contributed by atoms with Crippen molar-refractivity contribution in [3.63, 3.8) is 0 Å². The van der Waals surface area contributed by atoms with Crippen molar-refractivity contribution in [1.82, 2.24) is 0 Å². The molecule has 0 saturated carbocycles. The molecule has 21 heavy (non-hydrogen) atoms. The summed E-state index contributed by atoms with van der Waals surface area (Å²) in [6, 6.07) is 10.2. The van der Waals surface area contributed by atoms with Gasteiger partial charge in [-0.05, 0) is 42.3 Å². The number of hydrogen-bond acceptors (Lipinski definition) is 4. The van der Waals surface area contributed by atoms with Crippen LogP contribution in [0.4, 0.5) is 10.1 Å². The molecule has 0 aliphatic heterocycles. The van der Waals surface area contributed by atoms with Gasteiger partial charge in [0.25, 0.3) is 5.69 Å². The third-order valence-electron chi connectivity index (χ3n) is 3.02. The van der Waals surface area contributed by atoms with Crippen molar-refractivity contribution in [3.05, 3.63) is 69.5 Å². The quantitative estimate of drug-likeness (QED) is 0.676. The number of halogens is 1. The summed E-state index contributed by atoms with van der Waals surface area (Å²) in [5.41, 5.74) is 7.09. The highest BCUT2D eigenvalue weighted by molar-refractivity contribution is 5.34. The summed E-state index contributed by atoms with van der Waals surface area (Å²) in [6.07, 6.45) is 0. The number of nitrogens with zero attached hydrogens (tertiary/aromatic N) is 1. The normalized spacial score (nSPS) is 12.0. The first-order chi connectivity index (χ1) is 9.97. The van der Waals surface area contributed by atoms with Crippen molar-refractivity contribution in [3.8, 4) is 5.75 Å². The third-order valence-corrected chi connectivity index (χ3v) is 3.02. The van der Waals surface area contributed by atoms with Crippen LogP contribution in [0.15, 0.2) is 42.5 Å². The maximum absolute atomic E-state index is 13.8. The lowest BCUT2D eigenvalue weighted by atomic mass is 10.1. The maximum atomic E-state index is 13.8. The maximum Gasteiger partial charge on any atom is 0.269 e. The van der Waals surface area contributed by atoms with E-state index in [-0.39, 0.29) is 24.1 Å². The number of non-ortho nitro benzene ring substituents is 1.